The molecule has 0 atom stereocenters. The Bertz CT molecular complexity index is 338. The number of aryl methyl sites for hydroxylation is 1. The molecule has 0 spiro atoms. The molecule has 0 heterocycles. The molecule has 1 aromatic rings. The lowest BCUT2D eigenvalue weighted by atomic mass is 10.0. The van der Waals surface area contributed by atoms with Gasteiger partial charge in [-0.25, -0.2) is 5.90 Å². The molecule has 0 saturated heterocycles. The summed E-state index contributed by atoms with van der Waals surface area (Å²) in [6.07, 6.45) is 4.62. The first-order valence-electron chi connectivity index (χ1n) is 4.93. The van der Waals surface area contributed by atoms with Gasteiger partial charge >= 0.3 is 0 Å². The van der Waals surface area contributed by atoms with E-state index in [1.54, 1.807) is 0 Å². The molecule has 1 aliphatic rings. The highest BCUT2D eigenvalue weighted by atomic mass is 79.9. The van der Waals surface area contributed by atoms with Gasteiger partial charge in [0.15, 0.2) is 0 Å². The Morgan fingerprint density at radius 2 is 2.21 bits per heavy atom. The van der Waals surface area contributed by atoms with Crippen LogP contribution in [0, 0.1) is 0 Å². The van der Waals surface area contributed by atoms with E-state index in [1.807, 2.05) is 0 Å². The minimum Gasteiger partial charge on any atom is -0.304 e. The zero-order valence-corrected chi connectivity index (χ0v) is 9.64. The van der Waals surface area contributed by atoms with Gasteiger partial charge in [0, 0.05) is 4.47 Å². The van der Waals surface area contributed by atoms with Crippen LogP contribution in [0.3, 0.4) is 0 Å². The molecule has 0 aliphatic heterocycles. The zero-order chi connectivity index (χ0) is 9.97. The minimum atomic E-state index is 0.600. The quantitative estimate of drug-likeness (QED) is 0.842. The fourth-order valence-electron chi connectivity index (χ4n) is 2.15. The average Bonchev–Trinajstić information content (AvgIpc) is 2.61. The Morgan fingerprint density at radius 1 is 1.36 bits per heavy atom. The second-order valence-corrected chi connectivity index (χ2v) is 4.59. The van der Waals surface area contributed by atoms with Gasteiger partial charge in [-0.05, 0) is 54.5 Å². The van der Waals surface area contributed by atoms with Crippen LogP contribution < -0.4 is 5.90 Å². The predicted molar refractivity (Wildman–Crippen MR) is 60.0 cm³/mol. The Balaban J connectivity index is 2.29. The summed E-state index contributed by atoms with van der Waals surface area (Å²) in [5, 5.41) is 0. The molecule has 0 saturated carbocycles. The highest BCUT2D eigenvalue weighted by Crippen LogP contribution is 2.29. The van der Waals surface area contributed by atoms with Crippen molar-refractivity contribution in [1.82, 2.24) is 0 Å². The number of halogens is 1. The topological polar surface area (TPSA) is 35.2 Å². The molecule has 2 nitrogen and oxygen atoms in total. The predicted octanol–water partition coefficient (Wildman–Crippen LogP) is 2.37. The lowest BCUT2D eigenvalue weighted by Gasteiger charge is -2.08. The normalized spacial score (nSPS) is 14.4. The van der Waals surface area contributed by atoms with Crippen molar-refractivity contribution < 1.29 is 4.84 Å². The number of fused-ring (bicyclic) bond motifs is 1. The Morgan fingerprint density at radius 3 is 3.00 bits per heavy atom. The molecule has 1 aromatic carbocycles. The van der Waals surface area contributed by atoms with Gasteiger partial charge in [0.1, 0.15) is 0 Å². The van der Waals surface area contributed by atoms with Gasteiger partial charge in [0.2, 0.25) is 0 Å². The summed E-state index contributed by atoms with van der Waals surface area (Å²) in [4.78, 5) is 4.63. The van der Waals surface area contributed by atoms with Crippen molar-refractivity contribution in [2.75, 3.05) is 6.61 Å². The lowest BCUT2D eigenvalue weighted by Crippen LogP contribution is -2.05. The standard InChI is InChI=1S/C11H14BrNO/c12-10-6-8-2-1-3-11(8)9(7-10)4-5-14-13/h6-7H,1-5,13H2. The number of rotatable bonds is 3. The van der Waals surface area contributed by atoms with E-state index >= 15 is 0 Å². The van der Waals surface area contributed by atoms with Gasteiger partial charge in [-0.3, -0.25) is 0 Å². The number of hydrogen-bond donors (Lipinski definition) is 1. The first-order chi connectivity index (χ1) is 6.81. The summed E-state index contributed by atoms with van der Waals surface area (Å²) in [6, 6.07) is 4.41. The summed E-state index contributed by atoms with van der Waals surface area (Å²) in [5.41, 5.74) is 4.40. The first-order valence-corrected chi connectivity index (χ1v) is 5.72. The van der Waals surface area contributed by atoms with Gasteiger partial charge in [-0.2, -0.15) is 0 Å². The molecular formula is C11H14BrNO. The van der Waals surface area contributed by atoms with Gasteiger partial charge < -0.3 is 4.84 Å². The van der Waals surface area contributed by atoms with Crippen molar-refractivity contribution in [3.05, 3.63) is 33.3 Å². The van der Waals surface area contributed by atoms with Crippen molar-refractivity contribution in [3.8, 4) is 0 Å². The molecule has 0 fully saturated rings. The van der Waals surface area contributed by atoms with E-state index in [9.17, 15) is 0 Å². The van der Waals surface area contributed by atoms with Crippen LogP contribution in [0.2, 0.25) is 0 Å². The Kier molecular flexibility index (Phi) is 3.21. The van der Waals surface area contributed by atoms with E-state index in [1.165, 1.54) is 40.4 Å². The SMILES string of the molecule is NOCCc1cc(Br)cc2c1CCC2. The minimum absolute atomic E-state index is 0.600. The summed E-state index contributed by atoms with van der Waals surface area (Å²) in [6.45, 7) is 0.600. The molecule has 0 bridgehead atoms. The Labute approximate surface area is 92.5 Å². The number of hydrogen-bond acceptors (Lipinski definition) is 2. The van der Waals surface area contributed by atoms with Crippen LogP contribution in [-0.2, 0) is 24.1 Å². The summed E-state index contributed by atoms with van der Waals surface area (Å²) >= 11 is 3.54. The monoisotopic (exact) mass is 255 g/mol. The molecule has 2 N–H and O–H groups in total. The molecule has 0 unspecified atom stereocenters. The van der Waals surface area contributed by atoms with Gasteiger partial charge in [-0.15, -0.1) is 0 Å². The van der Waals surface area contributed by atoms with Crippen LogP contribution >= 0.6 is 15.9 Å². The van der Waals surface area contributed by atoms with Gasteiger partial charge in [0.25, 0.3) is 0 Å². The fourth-order valence-corrected chi connectivity index (χ4v) is 2.70. The van der Waals surface area contributed by atoms with E-state index < -0.39 is 0 Å². The van der Waals surface area contributed by atoms with Crippen LogP contribution in [0.4, 0.5) is 0 Å². The molecule has 1 aliphatic carbocycles. The third kappa shape index (κ3) is 2.00. The van der Waals surface area contributed by atoms with Crippen LogP contribution in [0.15, 0.2) is 16.6 Å². The summed E-state index contributed by atoms with van der Waals surface area (Å²) in [5.74, 6) is 5.05. The van der Waals surface area contributed by atoms with Crippen LogP contribution in [0.5, 0.6) is 0 Å². The summed E-state index contributed by atoms with van der Waals surface area (Å²) in [7, 11) is 0. The molecular weight excluding hydrogens is 242 g/mol. The molecule has 0 aromatic heterocycles. The molecule has 14 heavy (non-hydrogen) atoms. The first kappa shape index (κ1) is 10.1. The van der Waals surface area contributed by atoms with E-state index in [0.717, 1.165) is 6.42 Å². The van der Waals surface area contributed by atoms with E-state index in [2.05, 4.69) is 32.9 Å². The lowest BCUT2D eigenvalue weighted by molar-refractivity contribution is 0.141. The van der Waals surface area contributed by atoms with Crippen molar-refractivity contribution >= 4 is 15.9 Å². The maximum Gasteiger partial charge on any atom is 0.0719 e. The second-order valence-electron chi connectivity index (χ2n) is 3.68. The zero-order valence-electron chi connectivity index (χ0n) is 8.05. The number of benzene rings is 1. The van der Waals surface area contributed by atoms with Crippen molar-refractivity contribution in [2.24, 2.45) is 5.90 Å². The van der Waals surface area contributed by atoms with Crippen molar-refractivity contribution in [3.63, 3.8) is 0 Å². The van der Waals surface area contributed by atoms with Crippen LogP contribution in [0.1, 0.15) is 23.1 Å². The third-order valence-corrected chi connectivity index (χ3v) is 3.22. The molecule has 0 amide bonds. The number of nitrogens with two attached hydrogens (primary N) is 1. The largest absolute Gasteiger partial charge is 0.304 e. The van der Waals surface area contributed by atoms with E-state index in [0.29, 0.717) is 6.61 Å². The van der Waals surface area contributed by atoms with Crippen LogP contribution in [-0.4, -0.2) is 6.61 Å². The molecule has 0 radical (unpaired) electrons. The third-order valence-electron chi connectivity index (χ3n) is 2.76. The highest BCUT2D eigenvalue weighted by Gasteiger charge is 2.15. The highest BCUT2D eigenvalue weighted by molar-refractivity contribution is 9.10. The van der Waals surface area contributed by atoms with E-state index in [-0.39, 0.29) is 0 Å². The smallest absolute Gasteiger partial charge is 0.0719 e. The van der Waals surface area contributed by atoms with Crippen molar-refractivity contribution in [2.45, 2.75) is 25.7 Å². The maximum atomic E-state index is 5.05. The maximum absolute atomic E-state index is 5.05. The average molecular weight is 256 g/mol. The van der Waals surface area contributed by atoms with Crippen molar-refractivity contribution in [1.29, 1.82) is 0 Å². The van der Waals surface area contributed by atoms with Crippen LogP contribution in [0.25, 0.3) is 0 Å². The molecule has 3 heteroatoms. The molecule has 2 rings (SSSR count). The fraction of sp³-hybridized carbons (Fsp3) is 0.455. The van der Waals surface area contributed by atoms with Gasteiger partial charge in [0.05, 0.1) is 6.61 Å². The summed E-state index contributed by atoms with van der Waals surface area (Å²) < 4.78 is 1.17. The molecule has 76 valence electrons. The Hall–Kier alpha value is -0.380. The van der Waals surface area contributed by atoms with E-state index in [4.69, 9.17) is 5.90 Å². The van der Waals surface area contributed by atoms with Gasteiger partial charge in [-0.1, -0.05) is 15.9 Å². The second kappa shape index (κ2) is 4.43.